The fourth-order valence-electron chi connectivity index (χ4n) is 2.31. The van der Waals surface area contributed by atoms with Gasteiger partial charge in [-0.25, -0.2) is 4.98 Å². The van der Waals surface area contributed by atoms with Crippen LogP contribution in [0.2, 0.25) is 0 Å². The first-order valence-electron chi connectivity index (χ1n) is 7.08. The van der Waals surface area contributed by atoms with Crippen molar-refractivity contribution >= 4 is 37.5 Å². The minimum atomic E-state index is 0.245. The van der Waals surface area contributed by atoms with Crippen LogP contribution in [0.15, 0.2) is 46.9 Å². The molecule has 0 aliphatic carbocycles. The highest BCUT2D eigenvalue weighted by molar-refractivity contribution is 9.10. The van der Waals surface area contributed by atoms with Gasteiger partial charge in [-0.2, -0.15) is 0 Å². The molecule has 3 nitrogen and oxygen atoms in total. The van der Waals surface area contributed by atoms with Gasteiger partial charge < -0.3 is 10.1 Å². The molecule has 1 N–H and O–H groups in total. The Hall–Kier alpha value is -1.43. The van der Waals surface area contributed by atoms with Gasteiger partial charge in [0.15, 0.2) is 0 Å². The van der Waals surface area contributed by atoms with Crippen molar-refractivity contribution in [2.24, 2.45) is 0 Å². The van der Waals surface area contributed by atoms with Gasteiger partial charge in [0, 0.05) is 12.6 Å². The van der Waals surface area contributed by atoms with Crippen molar-refractivity contribution in [3.63, 3.8) is 0 Å². The second-order valence-electron chi connectivity index (χ2n) is 5.07. The lowest BCUT2D eigenvalue weighted by Crippen LogP contribution is -2.17. The van der Waals surface area contributed by atoms with E-state index in [-0.39, 0.29) is 6.04 Å². The van der Waals surface area contributed by atoms with Crippen molar-refractivity contribution in [1.29, 1.82) is 0 Å². The van der Waals surface area contributed by atoms with Crippen molar-refractivity contribution in [2.75, 3.05) is 7.11 Å². The Morgan fingerprint density at radius 1 is 1.27 bits per heavy atom. The molecule has 3 rings (SSSR count). The minimum absolute atomic E-state index is 0.245. The van der Waals surface area contributed by atoms with Gasteiger partial charge >= 0.3 is 0 Å². The number of aromatic nitrogens is 1. The second-order valence-corrected chi connectivity index (χ2v) is 7.04. The monoisotopic (exact) mass is 376 g/mol. The van der Waals surface area contributed by atoms with Gasteiger partial charge in [-0.3, -0.25) is 0 Å². The lowest BCUT2D eigenvalue weighted by atomic mass is 10.1. The highest BCUT2D eigenvalue weighted by Gasteiger charge is 2.10. The van der Waals surface area contributed by atoms with E-state index >= 15 is 0 Å². The number of benzene rings is 2. The van der Waals surface area contributed by atoms with Gasteiger partial charge in [-0.05, 0) is 52.7 Å². The van der Waals surface area contributed by atoms with Gasteiger partial charge in [0.25, 0.3) is 0 Å². The molecule has 1 heterocycles. The molecule has 2 aromatic carbocycles. The predicted octanol–water partition coefficient (Wildman–Crippen LogP) is 4.92. The normalized spacial score (nSPS) is 12.5. The van der Waals surface area contributed by atoms with E-state index in [0.717, 1.165) is 27.3 Å². The zero-order valence-corrected chi connectivity index (χ0v) is 14.9. The fourth-order valence-corrected chi connectivity index (χ4v) is 3.78. The van der Waals surface area contributed by atoms with Crippen molar-refractivity contribution in [2.45, 2.75) is 19.5 Å². The van der Waals surface area contributed by atoms with Gasteiger partial charge in [0.05, 0.1) is 21.8 Å². The molecule has 114 valence electrons. The lowest BCUT2D eigenvalue weighted by Gasteiger charge is -2.14. The Labute approximate surface area is 142 Å². The molecule has 0 aliphatic heterocycles. The number of thiazole rings is 1. The van der Waals surface area contributed by atoms with Crippen molar-refractivity contribution < 1.29 is 4.74 Å². The molecule has 5 heteroatoms. The summed E-state index contributed by atoms with van der Waals surface area (Å²) in [5.74, 6) is 0.849. The average molecular weight is 377 g/mol. The zero-order chi connectivity index (χ0) is 15.5. The van der Waals surface area contributed by atoms with Crippen LogP contribution in [0.5, 0.6) is 5.75 Å². The van der Waals surface area contributed by atoms with Crippen LogP contribution in [-0.4, -0.2) is 12.1 Å². The SMILES string of the molecule is COc1ccc([C@@H](C)NCc2nc3ccccc3s2)cc1Br. The highest BCUT2D eigenvalue weighted by atomic mass is 79.9. The smallest absolute Gasteiger partial charge is 0.133 e. The molecule has 0 aliphatic rings. The summed E-state index contributed by atoms with van der Waals surface area (Å²) >= 11 is 5.27. The number of halogens is 1. The molecule has 1 aromatic heterocycles. The molecular formula is C17H17BrN2OS. The number of methoxy groups -OCH3 is 1. The van der Waals surface area contributed by atoms with Crippen LogP contribution in [0.4, 0.5) is 0 Å². The average Bonchev–Trinajstić information content (AvgIpc) is 2.95. The minimum Gasteiger partial charge on any atom is -0.496 e. The standard InChI is InChI=1S/C17H17BrN2OS/c1-11(12-7-8-15(21-2)13(18)9-12)19-10-17-20-14-5-3-4-6-16(14)22-17/h3-9,11,19H,10H2,1-2H3/t11-/m1/s1. The van der Waals surface area contributed by atoms with Crippen LogP contribution in [-0.2, 0) is 6.54 Å². The van der Waals surface area contributed by atoms with Crippen molar-refractivity contribution in [3.05, 3.63) is 57.5 Å². The van der Waals surface area contributed by atoms with E-state index in [2.05, 4.69) is 63.5 Å². The number of hydrogen-bond donors (Lipinski definition) is 1. The summed E-state index contributed by atoms with van der Waals surface area (Å²) < 4.78 is 7.48. The third kappa shape index (κ3) is 3.32. The maximum atomic E-state index is 5.27. The van der Waals surface area contributed by atoms with E-state index in [1.54, 1.807) is 18.4 Å². The van der Waals surface area contributed by atoms with Crippen LogP contribution < -0.4 is 10.1 Å². The van der Waals surface area contributed by atoms with E-state index < -0.39 is 0 Å². The predicted molar refractivity (Wildman–Crippen MR) is 95.6 cm³/mol. The summed E-state index contributed by atoms with van der Waals surface area (Å²) in [6, 6.07) is 14.6. The Bertz CT molecular complexity index is 754. The number of ether oxygens (including phenoxy) is 1. The van der Waals surface area contributed by atoms with Gasteiger partial charge in [-0.1, -0.05) is 18.2 Å². The third-order valence-electron chi connectivity index (χ3n) is 3.57. The summed E-state index contributed by atoms with van der Waals surface area (Å²) in [7, 11) is 1.68. The zero-order valence-electron chi connectivity index (χ0n) is 12.5. The highest BCUT2D eigenvalue weighted by Crippen LogP contribution is 2.28. The van der Waals surface area contributed by atoms with E-state index in [9.17, 15) is 0 Å². The Morgan fingerprint density at radius 3 is 2.82 bits per heavy atom. The summed E-state index contributed by atoms with van der Waals surface area (Å²) in [5, 5.41) is 4.64. The Morgan fingerprint density at radius 2 is 2.09 bits per heavy atom. The van der Waals surface area contributed by atoms with Crippen molar-refractivity contribution in [3.8, 4) is 5.75 Å². The summed E-state index contributed by atoms with van der Waals surface area (Å²) in [5.41, 5.74) is 2.29. The van der Waals surface area contributed by atoms with Crippen molar-refractivity contribution in [1.82, 2.24) is 10.3 Å². The van der Waals surface area contributed by atoms with Crippen LogP contribution in [0.3, 0.4) is 0 Å². The van der Waals surface area contributed by atoms with E-state index in [1.807, 2.05) is 12.1 Å². The van der Waals surface area contributed by atoms with E-state index in [1.165, 1.54) is 10.3 Å². The molecule has 3 aromatic rings. The van der Waals surface area contributed by atoms with Gasteiger partial charge in [0.1, 0.15) is 10.8 Å². The molecule has 0 saturated carbocycles. The molecule has 0 bridgehead atoms. The van der Waals surface area contributed by atoms with E-state index in [0.29, 0.717) is 0 Å². The molecule has 0 fully saturated rings. The molecule has 1 atom stereocenters. The molecule has 0 saturated heterocycles. The van der Waals surface area contributed by atoms with E-state index in [4.69, 9.17) is 4.74 Å². The molecular weight excluding hydrogens is 360 g/mol. The number of para-hydroxylation sites is 1. The number of rotatable bonds is 5. The van der Waals surface area contributed by atoms with Crippen LogP contribution in [0, 0.1) is 0 Å². The number of nitrogens with one attached hydrogen (secondary N) is 1. The first-order chi connectivity index (χ1) is 10.7. The molecule has 22 heavy (non-hydrogen) atoms. The summed E-state index contributed by atoms with van der Waals surface area (Å²) in [6.45, 7) is 2.92. The maximum absolute atomic E-state index is 5.27. The lowest BCUT2D eigenvalue weighted by molar-refractivity contribution is 0.411. The largest absolute Gasteiger partial charge is 0.496 e. The van der Waals surface area contributed by atoms with Crippen LogP contribution in [0.25, 0.3) is 10.2 Å². The first kappa shape index (κ1) is 15.5. The molecule has 0 radical (unpaired) electrons. The number of nitrogens with zero attached hydrogens (tertiary/aromatic N) is 1. The number of fused-ring (bicyclic) bond motifs is 1. The molecule has 0 spiro atoms. The quantitative estimate of drug-likeness (QED) is 0.686. The van der Waals surface area contributed by atoms with Gasteiger partial charge in [0.2, 0.25) is 0 Å². The molecule has 0 amide bonds. The summed E-state index contributed by atoms with van der Waals surface area (Å²) in [6.07, 6.45) is 0. The van der Waals surface area contributed by atoms with Crippen LogP contribution >= 0.6 is 27.3 Å². The Kier molecular flexibility index (Phi) is 4.76. The maximum Gasteiger partial charge on any atom is 0.133 e. The topological polar surface area (TPSA) is 34.1 Å². The second kappa shape index (κ2) is 6.77. The third-order valence-corrected chi connectivity index (χ3v) is 5.23. The Balaban J connectivity index is 1.69. The van der Waals surface area contributed by atoms with Gasteiger partial charge in [-0.15, -0.1) is 11.3 Å². The summed E-state index contributed by atoms with van der Waals surface area (Å²) in [4.78, 5) is 4.65. The fraction of sp³-hybridized carbons (Fsp3) is 0.235. The number of hydrogen-bond acceptors (Lipinski definition) is 4. The van der Waals surface area contributed by atoms with Crippen LogP contribution in [0.1, 0.15) is 23.5 Å². The molecule has 0 unspecified atom stereocenters. The first-order valence-corrected chi connectivity index (χ1v) is 8.69.